The van der Waals surface area contributed by atoms with Crippen molar-refractivity contribution < 1.29 is 24.0 Å². The number of fused-ring (bicyclic) bond motifs is 2. The number of aromatic nitrogens is 4. The van der Waals surface area contributed by atoms with Gasteiger partial charge in [0.2, 0.25) is 17.7 Å². The van der Waals surface area contributed by atoms with Crippen LogP contribution in [0.1, 0.15) is 83.2 Å². The fraction of sp³-hybridized carbons (Fsp3) is 0.277. The van der Waals surface area contributed by atoms with E-state index in [9.17, 15) is 24.0 Å². The molecule has 1 saturated carbocycles. The molecule has 3 aliphatic rings. The minimum atomic E-state index is -1.05. The summed E-state index contributed by atoms with van der Waals surface area (Å²) in [6.07, 6.45) is 7.03. The Morgan fingerprint density at radius 2 is 1.69 bits per heavy atom. The van der Waals surface area contributed by atoms with E-state index in [-0.39, 0.29) is 29.5 Å². The minimum absolute atomic E-state index is 0.0414. The van der Waals surface area contributed by atoms with E-state index in [1.54, 1.807) is 24.4 Å². The Morgan fingerprint density at radius 1 is 0.903 bits per heavy atom. The van der Waals surface area contributed by atoms with E-state index >= 15 is 0 Å². The van der Waals surface area contributed by atoms with Crippen LogP contribution in [-0.2, 0) is 26.3 Å². The maximum absolute atomic E-state index is 13.5. The molecule has 9 rings (SSSR count). The molecule has 62 heavy (non-hydrogen) atoms. The van der Waals surface area contributed by atoms with Crippen LogP contribution in [0.2, 0.25) is 0 Å². The molecular formula is C47H46N10O5. The zero-order valence-corrected chi connectivity index (χ0v) is 34.0. The maximum Gasteiger partial charge on any atom is 0.264 e. The molecule has 15 nitrogen and oxygen atoms in total. The number of hydrogen-bond donors (Lipinski definition) is 5. The molecule has 5 amide bonds. The lowest BCUT2D eigenvalue weighted by atomic mass is 9.73. The number of aryl methyl sites for hydroxylation is 1. The van der Waals surface area contributed by atoms with Gasteiger partial charge in [-0.15, -0.1) is 0 Å². The molecule has 1 aliphatic carbocycles. The highest BCUT2D eigenvalue weighted by Gasteiger charge is 2.45. The number of imide groups is 2. The van der Waals surface area contributed by atoms with Gasteiger partial charge < -0.3 is 22.5 Å². The Labute approximate surface area is 357 Å². The molecular weight excluding hydrogens is 785 g/mol. The van der Waals surface area contributed by atoms with E-state index in [1.165, 1.54) is 0 Å². The number of nitrogens with two attached hydrogens (primary N) is 3. The van der Waals surface area contributed by atoms with Gasteiger partial charge in [0, 0.05) is 47.6 Å². The summed E-state index contributed by atoms with van der Waals surface area (Å²) < 4.78 is 2.01. The fourth-order valence-electron chi connectivity index (χ4n) is 8.83. The Kier molecular flexibility index (Phi) is 10.6. The molecule has 2 unspecified atom stereocenters. The maximum atomic E-state index is 13.5. The van der Waals surface area contributed by atoms with Crippen LogP contribution in [0, 0.1) is 5.92 Å². The Hall–Kier alpha value is -7.26. The third-order valence-corrected chi connectivity index (χ3v) is 12.4. The number of nitrogen functional groups attached to an aromatic ring is 1. The minimum Gasteiger partial charge on any atom is -0.384 e. The quantitative estimate of drug-likeness (QED) is 0.0689. The molecule has 0 spiro atoms. The van der Waals surface area contributed by atoms with Gasteiger partial charge in [0.05, 0.1) is 22.4 Å². The Morgan fingerprint density at radius 3 is 2.44 bits per heavy atom. The number of carbonyl (C=O) groups excluding carboxylic acids is 5. The van der Waals surface area contributed by atoms with Gasteiger partial charge in [-0.05, 0) is 117 Å². The molecule has 2 atom stereocenters. The number of primary amides is 1. The summed E-state index contributed by atoms with van der Waals surface area (Å²) in [6, 6.07) is 27.9. The predicted molar refractivity (Wildman–Crippen MR) is 234 cm³/mol. The molecule has 1 saturated heterocycles. The highest BCUT2D eigenvalue weighted by molar-refractivity contribution is 6.25. The van der Waals surface area contributed by atoms with Gasteiger partial charge >= 0.3 is 0 Å². The zero-order valence-electron chi connectivity index (χ0n) is 34.0. The number of benzene rings is 3. The van der Waals surface area contributed by atoms with Crippen molar-refractivity contribution in [1.29, 1.82) is 0 Å². The summed E-state index contributed by atoms with van der Waals surface area (Å²) in [4.78, 5) is 79.0. The van der Waals surface area contributed by atoms with E-state index in [2.05, 4.69) is 45.9 Å². The highest BCUT2D eigenvalue weighted by atomic mass is 16.2. The fourth-order valence-corrected chi connectivity index (χ4v) is 8.83. The normalized spacial score (nSPS) is 17.4. The SMILES string of the molecule is NC(=O)C(CCCNc1cccc2c1C(=O)N(C1CCC(=O)NC1=O)C2=O)CCc1cccc(-c2ccc3nc(-c4cccnc4N)n(-c4ccc(C5(N)CCC5)cc4)c3n2)c1. The van der Waals surface area contributed by atoms with Crippen molar-refractivity contribution in [1.82, 2.24) is 29.7 Å². The summed E-state index contributed by atoms with van der Waals surface area (Å²) in [5.74, 6) is -2.05. The van der Waals surface area contributed by atoms with Crippen LogP contribution >= 0.6 is 0 Å². The van der Waals surface area contributed by atoms with E-state index in [4.69, 9.17) is 27.2 Å². The van der Waals surface area contributed by atoms with Gasteiger partial charge in [0.1, 0.15) is 17.4 Å². The van der Waals surface area contributed by atoms with Crippen molar-refractivity contribution >= 4 is 52.2 Å². The Balaban J connectivity index is 0.885. The molecule has 0 bridgehead atoms. The van der Waals surface area contributed by atoms with Crippen LogP contribution in [0.4, 0.5) is 11.5 Å². The average molecular weight is 831 g/mol. The number of amides is 5. The topological polar surface area (TPSA) is 234 Å². The number of pyridine rings is 2. The molecule has 15 heteroatoms. The monoisotopic (exact) mass is 830 g/mol. The van der Waals surface area contributed by atoms with Crippen molar-refractivity contribution in [2.45, 2.75) is 69.4 Å². The predicted octanol–water partition coefficient (Wildman–Crippen LogP) is 5.40. The van der Waals surface area contributed by atoms with Crippen molar-refractivity contribution in [2.24, 2.45) is 17.4 Å². The van der Waals surface area contributed by atoms with Crippen molar-refractivity contribution in [2.75, 3.05) is 17.6 Å². The van der Waals surface area contributed by atoms with Crippen LogP contribution in [-0.4, -0.2) is 66.5 Å². The first kappa shape index (κ1) is 40.2. The number of nitrogens with zero attached hydrogens (tertiary/aromatic N) is 5. The third-order valence-electron chi connectivity index (χ3n) is 12.4. The van der Waals surface area contributed by atoms with Gasteiger partial charge in [-0.25, -0.2) is 15.0 Å². The smallest absolute Gasteiger partial charge is 0.264 e. The zero-order chi connectivity index (χ0) is 43.1. The van der Waals surface area contributed by atoms with Crippen molar-refractivity contribution in [3.8, 4) is 28.3 Å². The molecule has 314 valence electrons. The Bertz CT molecular complexity index is 2780. The van der Waals surface area contributed by atoms with Crippen LogP contribution in [0.5, 0.6) is 0 Å². The molecule has 2 fully saturated rings. The van der Waals surface area contributed by atoms with Crippen LogP contribution in [0.3, 0.4) is 0 Å². The summed E-state index contributed by atoms with van der Waals surface area (Å²) >= 11 is 0. The summed E-state index contributed by atoms with van der Waals surface area (Å²) in [5, 5.41) is 5.47. The number of piperidine rings is 1. The molecule has 6 aromatic rings. The molecule has 0 radical (unpaired) electrons. The molecule has 5 heterocycles. The first-order valence-corrected chi connectivity index (χ1v) is 21.0. The van der Waals surface area contributed by atoms with Crippen LogP contribution in [0.25, 0.3) is 39.5 Å². The lowest BCUT2D eigenvalue weighted by molar-refractivity contribution is -0.136. The molecule has 3 aromatic carbocycles. The van der Waals surface area contributed by atoms with Gasteiger partial charge in [-0.2, -0.15) is 0 Å². The second kappa shape index (κ2) is 16.3. The first-order chi connectivity index (χ1) is 30.0. The van der Waals surface area contributed by atoms with Gasteiger partial charge in [-0.1, -0.05) is 36.4 Å². The number of carbonyl (C=O) groups is 5. The largest absolute Gasteiger partial charge is 0.384 e. The van der Waals surface area contributed by atoms with Gasteiger partial charge in [-0.3, -0.25) is 38.8 Å². The first-order valence-electron chi connectivity index (χ1n) is 21.0. The van der Waals surface area contributed by atoms with E-state index in [0.717, 1.165) is 52.2 Å². The van der Waals surface area contributed by atoms with Crippen LogP contribution in [0.15, 0.2) is 97.2 Å². The number of anilines is 2. The van der Waals surface area contributed by atoms with Gasteiger partial charge in [0.15, 0.2) is 11.5 Å². The summed E-state index contributed by atoms with van der Waals surface area (Å²) in [5.41, 5.74) is 26.2. The summed E-state index contributed by atoms with van der Waals surface area (Å²) in [6.45, 7) is 0.410. The number of imidazole rings is 1. The average Bonchev–Trinajstić information content (AvgIpc) is 3.76. The lowest BCUT2D eigenvalue weighted by Gasteiger charge is -2.38. The summed E-state index contributed by atoms with van der Waals surface area (Å²) in [7, 11) is 0. The molecule has 2 aliphatic heterocycles. The number of hydrogen-bond acceptors (Lipinski definition) is 11. The second-order valence-electron chi connectivity index (χ2n) is 16.4. The number of rotatable bonds is 14. The molecule has 3 aromatic heterocycles. The number of nitrogens with one attached hydrogen (secondary N) is 2. The van der Waals surface area contributed by atoms with Crippen molar-refractivity contribution in [3.63, 3.8) is 0 Å². The van der Waals surface area contributed by atoms with E-state index in [0.29, 0.717) is 66.3 Å². The second-order valence-corrected chi connectivity index (χ2v) is 16.4. The van der Waals surface area contributed by atoms with Gasteiger partial charge in [0.25, 0.3) is 11.8 Å². The van der Waals surface area contributed by atoms with E-state index < -0.39 is 41.5 Å². The molecule has 8 N–H and O–H groups in total. The van der Waals surface area contributed by atoms with Crippen LogP contribution < -0.4 is 27.8 Å². The van der Waals surface area contributed by atoms with E-state index in [1.807, 2.05) is 47.0 Å². The van der Waals surface area contributed by atoms with Crippen molar-refractivity contribution in [3.05, 3.63) is 119 Å². The third kappa shape index (κ3) is 7.44. The highest BCUT2D eigenvalue weighted by Crippen LogP contribution is 2.40. The standard InChI is InChI=1S/C47H46N10O5/c48-40-33(10-4-25-52-40)42-54-36-19-18-34(53-43(36)56(42)31-16-14-30(15-17-31)47(50)22-5-23-47)29-7-1-6-27(26-29)12-13-28(41(49)59)8-3-24-51-35-11-2-9-32-39(35)46(62)57(45(32)61)37-20-21-38(58)55-44(37)60/h1-2,4,6-7,9-11,14-19,25-26,28,37,51H,3,5,8,12-13,20-24,50H2,(H2,48,52)(H2,49,59)(H,55,58,60). The lowest BCUT2D eigenvalue weighted by Crippen LogP contribution is -2.54.